The fourth-order valence-corrected chi connectivity index (χ4v) is 2.57. The van der Waals surface area contributed by atoms with E-state index in [1.54, 1.807) is 0 Å². The molecule has 3 nitrogen and oxygen atoms in total. The van der Waals surface area contributed by atoms with Gasteiger partial charge in [0.15, 0.2) is 5.82 Å². The number of benzene rings is 1. The summed E-state index contributed by atoms with van der Waals surface area (Å²) in [5.74, 6) is 2.48. The normalized spacial score (nSPS) is 14.2. The van der Waals surface area contributed by atoms with Crippen molar-refractivity contribution in [2.45, 2.75) is 45.4 Å². The molecule has 0 spiro atoms. The summed E-state index contributed by atoms with van der Waals surface area (Å²) < 4.78 is 0. The summed E-state index contributed by atoms with van der Waals surface area (Å²) in [5, 5.41) is 3.41. The van der Waals surface area contributed by atoms with Crippen LogP contribution in [0, 0.1) is 0 Å². The quantitative estimate of drug-likeness (QED) is 0.852. The highest BCUT2D eigenvalue weighted by Gasteiger charge is 2.26. The van der Waals surface area contributed by atoms with Crippen molar-refractivity contribution in [2.24, 2.45) is 0 Å². The summed E-state index contributed by atoms with van der Waals surface area (Å²) in [5.41, 5.74) is 3.68. The van der Waals surface area contributed by atoms with E-state index in [4.69, 9.17) is 9.97 Å². The lowest BCUT2D eigenvalue weighted by atomic mass is 10.0. The van der Waals surface area contributed by atoms with Crippen molar-refractivity contribution in [1.82, 2.24) is 9.97 Å². The number of aryl methyl sites for hydroxylation is 1. The molecule has 0 atom stereocenters. The second-order valence-corrected chi connectivity index (χ2v) is 5.71. The first-order chi connectivity index (χ1) is 10.3. The molecule has 0 aliphatic heterocycles. The molecular formula is C18H23N3. The van der Waals surface area contributed by atoms with Crippen molar-refractivity contribution in [2.75, 3.05) is 11.9 Å². The molecule has 1 N–H and O–H groups in total. The lowest BCUT2D eigenvalue weighted by Crippen LogP contribution is -2.06. The van der Waals surface area contributed by atoms with E-state index in [1.165, 1.54) is 29.7 Å². The first kappa shape index (κ1) is 14.1. The Hall–Kier alpha value is -1.90. The van der Waals surface area contributed by atoms with Crippen LogP contribution in [0.25, 0.3) is 11.4 Å². The van der Waals surface area contributed by atoms with Gasteiger partial charge in [0.25, 0.3) is 0 Å². The topological polar surface area (TPSA) is 37.8 Å². The maximum atomic E-state index is 4.83. The average Bonchev–Trinajstić information content (AvgIpc) is 3.37. The summed E-state index contributed by atoms with van der Waals surface area (Å²) >= 11 is 0. The average molecular weight is 281 g/mol. The first-order valence-corrected chi connectivity index (χ1v) is 8.03. The van der Waals surface area contributed by atoms with Crippen molar-refractivity contribution >= 4 is 5.82 Å². The molecule has 1 aromatic carbocycles. The lowest BCUT2D eigenvalue weighted by Gasteiger charge is -2.11. The van der Waals surface area contributed by atoms with Crippen LogP contribution in [0.3, 0.4) is 0 Å². The molecule has 110 valence electrons. The minimum Gasteiger partial charge on any atom is -0.370 e. The largest absolute Gasteiger partial charge is 0.370 e. The Balaban J connectivity index is 2.01. The van der Waals surface area contributed by atoms with E-state index in [0.717, 1.165) is 31.0 Å². The van der Waals surface area contributed by atoms with E-state index in [-0.39, 0.29) is 0 Å². The zero-order valence-corrected chi connectivity index (χ0v) is 12.9. The Labute approximate surface area is 126 Å². The van der Waals surface area contributed by atoms with Crippen LogP contribution in [0.1, 0.15) is 50.3 Å². The number of hydrogen-bond acceptors (Lipinski definition) is 3. The van der Waals surface area contributed by atoms with Crippen LogP contribution in [0.2, 0.25) is 0 Å². The van der Waals surface area contributed by atoms with Crippen molar-refractivity contribution in [3.63, 3.8) is 0 Å². The van der Waals surface area contributed by atoms with Gasteiger partial charge in [0.1, 0.15) is 5.82 Å². The summed E-state index contributed by atoms with van der Waals surface area (Å²) in [7, 11) is 0. The van der Waals surface area contributed by atoms with E-state index in [1.807, 2.05) is 0 Å². The molecule has 2 aromatic rings. The van der Waals surface area contributed by atoms with Crippen molar-refractivity contribution in [3.05, 3.63) is 41.6 Å². The monoisotopic (exact) mass is 281 g/mol. The summed E-state index contributed by atoms with van der Waals surface area (Å²) in [6.07, 6.45) is 4.63. The SMILES string of the molecule is CCCNc1cc(C2CC2)nc(-c2ccccc2CC)n1. The molecule has 21 heavy (non-hydrogen) atoms. The van der Waals surface area contributed by atoms with E-state index in [9.17, 15) is 0 Å². The molecule has 1 heterocycles. The number of anilines is 1. The van der Waals surface area contributed by atoms with Gasteiger partial charge in [0.05, 0.1) is 0 Å². The van der Waals surface area contributed by atoms with Gasteiger partial charge in [-0.25, -0.2) is 9.97 Å². The first-order valence-electron chi connectivity index (χ1n) is 8.03. The van der Waals surface area contributed by atoms with E-state index >= 15 is 0 Å². The van der Waals surface area contributed by atoms with E-state index in [2.05, 4.69) is 49.5 Å². The van der Waals surface area contributed by atoms with Crippen LogP contribution in [0.5, 0.6) is 0 Å². The molecule has 3 heteroatoms. The number of aromatic nitrogens is 2. The Kier molecular flexibility index (Phi) is 4.18. The minimum absolute atomic E-state index is 0.641. The number of hydrogen-bond donors (Lipinski definition) is 1. The van der Waals surface area contributed by atoms with Crippen LogP contribution >= 0.6 is 0 Å². The van der Waals surface area contributed by atoms with E-state index in [0.29, 0.717) is 5.92 Å². The van der Waals surface area contributed by atoms with E-state index < -0.39 is 0 Å². The highest BCUT2D eigenvalue weighted by molar-refractivity contribution is 5.62. The Morgan fingerprint density at radius 3 is 2.67 bits per heavy atom. The lowest BCUT2D eigenvalue weighted by molar-refractivity contribution is 0.946. The maximum absolute atomic E-state index is 4.83. The number of rotatable bonds is 6. The van der Waals surface area contributed by atoms with Gasteiger partial charge in [-0.1, -0.05) is 38.1 Å². The fraction of sp³-hybridized carbons (Fsp3) is 0.444. The van der Waals surface area contributed by atoms with Gasteiger partial charge in [-0.15, -0.1) is 0 Å². The van der Waals surface area contributed by atoms with Gasteiger partial charge in [0.2, 0.25) is 0 Å². The predicted molar refractivity (Wildman–Crippen MR) is 87.6 cm³/mol. The van der Waals surface area contributed by atoms with Crippen LogP contribution in [0.15, 0.2) is 30.3 Å². The van der Waals surface area contributed by atoms with Crippen molar-refractivity contribution in [1.29, 1.82) is 0 Å². The molecule has 0 bridgehead atoms. The standard InChI is InChI=1S/C18H23N3/c1-3-11-19-17-12-16(14-9-10-14)20-18(21-17)15-8-6-5-7-13(15)4-2/h5-8,12,14H,3-4,9-11H2,1-2H3,(H,19,20,21). The smallest absolute Gasteiger partial charge is 0.162 e. The maximum Gasteiger partial charge on any atom is 0.162 e. The second-order valence-electron chi connectivity index (χ2n) is 5.71. The zero-order valence-electron chi connectivity index (χ0n) is 12.9. The van der Waals surface area contributed by atoms with Crippen LogP contribution in [-0.4, -0.2) is 16.5 Å². The molecule has 3 rings (SSSR count). The third-order valence-corrected chi connectivity index (χ3v) is 3.94. The van der Waals surface area contributed by atoms with Gasteiger partial charge < -0.3 is 5.32 Å². The Morgan fingerprint density at radius 1 is 1.14 bits per heavy atom. The molecule has 1 aliphatic carbocycles. The van der Waals surface area contributed by atoms with Gasteiger partial charge in [-0.05, 0) is 31.2 Å². The number of nitrogens with zero attached hydrogens (tertiary/aromatic N) is 2. The summed E-state index contributed by atoms with van der Waals surface area (Å²) in [6.45, 7) is 5.30. The molecule has 1 aromatic heterocycles. The highest BCUT2D eigenvalue weighted by atomic mass is 15.0. The number of nitrogens with one attached hydrogen (secondary N) is 1. The molecule has 0 unspecified atom stereocenters. The fourth-order valence-electron chi connectivity index (χ4n) is 2.57. The van der Waals surface area contributed by atoms with Gasteiger partial charge in [0, 0.05) is 29.8 Å². The highest BCUT2D eigenvalue weighted by Crippen LogP contribution is 2.40. The van der Waals surface area contributed by atoms with Crippen LogP contribution in [-0.2, 0) is 6.42 Å². The molecule has 0 saturated heterocycles. The predicted octanol–water partition coefficient (Wildman–Crippen LogP) is 4.41. The molecule has 1 aliphatic rings. The third-order valence-electron chi connectivity index (χ3n) is 3.94. The van der Waals surface area contributed by atoms with Gasteiger partial charge in [-0.2, -0.15) is 0 Å². The summed E-state index contributed by atoms with van der Waals surface area (Å²) in [4.78, 5) is 9.57. The van der Waals surface area contributed by atoms with Gasteiger partial charge in [-0.3, -0.25) is 0 Å². The van der Waals surface area contributed by atoms with Crippen LogP contribution in [0.4, 0.5) is 5.82 Å². The van der Waals surface area contributed by atoms with Crippen molar-refractivity contribution in [3.8, 4) is 11.4 Å². The molecule has 0 amide bonds. The zero-order chi connectivity index (χ0) is 14.7. The second kappa shape index (κ2) is 6.25. The van der Waals surface area contributed by atoms with Crippen LogP contribution < -0.4 is 5.32 Å². The molecule has 0 radical (unpaired) electrons. The Morgan fingerprint density at radius 2 is 1.95 bits per heavy atom. The third kappa shape index (κ3) is 3.23. The molecule has 1 saturated carbocycles. The minimum atomic E-state index is 0.641. The van der Waals surface area contributed by atoms with Gasteiger partial charge >= 0.3 is 0 Å². The van der Waals surface area contributed by atoms with Crippen molar-refractivity contribution < 1.29 is 0 Å². The molecule has 1 fully saturated rings. The summed E-state index contributed by atoms with van der Waals surface area (Å²) in [6, 6.07) is 10.6. The Bertz CT molecular complexity index is 618. The molecular weight excluding hydrogens is 258 g/mol.